The molecule has 32 heavy (non-hydrogen) atoms. The van der Waals surface area contributed by atoms with Crippen LogP contribution in [-0.4, -0.2) is 85.4 Å². The smallest absolute Gasteiger partial charge is 0.335 e. The van der Waals surface area contributed by atoms with Crippen LogP contribution in [-0.2, 0) is 9.53 Å². The summed E-state index contributed by atoms with van der Waals surface area (Å²) in [4.78, 5) is 20.8. The molecule has 2 aromatic heterocycles. The fraction of sp³-hybridized carbons (Fsp3) is 0.591. The molecule has 10 heteroatoms. The molecule has 1 atom stereocenters. The van der Waals surface area contributed by atoms with Gasteiger partial charge in [0, 0.05) is 19.6 Å². The number of rotatable bonds is 5. The number of hydrogen-bond acceptors (Lipinski definition) is 9. The van der Waals surface area contributed by atoms with Crippen molar-refractivity contribution in [3.8, 4) is 5.69 Å². The number of carbonyl (C=O) groups is 1. The van der Waals surface area contributed by atoms with Gasteiger partial charge in [0.05, 0.1) is 28.8 Å². The van der Waals surface area contributed by atoms with Gasteiger partial charge in [-0.3, -0.25) is 4.98 Å². The molecule has 1 unspecified atom stereocenters. The second-order valence-electron chi connectivity index (χ2n) is 9.15. The Labute approximate surface area is 186 Å². The van der Waals surface area contributed by atoms with Crippen LogP contribution in [0.5, 0.6) is 0 Å². The van der Waals surface area contributed by atoms with Gasteiger partial charge in [-0.1, -0.05) is 0 Å². The molecular weight excluding hydrogens is 410 g/mol. The first-order valence-electron chi connectivity index (χ1n) is 11.2. The quantitative estimate of drug-likeness (QED) is 0.685. The molecule has 5 heterocycles. The van der Waals surface area contributed by atoms with E-state index in [1.165, 1.54) is 11.0 Å². The highest BCUT2D eigenvalue weighted by atomic mass is 16.5. The van der Waals surface area contributed by atoms with Crippen LogP contribution in [0.2, 0.25) is 0 Å². The van der Waals surface area contributed by atoms with Crippen LogP contribution in [0.3, 0.4) is 0 Å². The lowest BCUT2D eigenvalue weighted by Gasteiger charge is -2.47. The van der Waals surface area contributed by atoms with Gasteiger partial charge in [-0.2, -0.15) is 4.68 Å². The van der Waals surface area contributed by atoms with Crippen molar-refractivity contribution in [2.75, 3.05) is 39.3 Å². The molecule has 0 amide bonds. The molecule has 1 spiro atoms. The lowest BCUT2D eigenvalue weighted by atomic mass is 9.71. The number of pyridine rings is 1. The SMILES string of the molecule is CC1=C(N2CCC3(CCN(CC(O)c4ccc(-n5cnnn5)cn4)CC3)CC2)COC1=O. The maximum atomic E-state index is 11.7. The molecule has 3 aliphatic heterocycles. The van der Waals surface area contributed by atoms with Gasteiger partial charge in [-0.05, 0) is 73.7 Å². The van der Waals surface area contributed by atoms with Crippen LogP contribution in [0.1, 0.15) is 44.4 Å². The first kappa shape index (κ1) is 21.0. The van der Waals surface area contributed by atoms with Crippen molar-refractivity contribution in [2.24, 2.45) is 5.41 Å². The number of aliphatic hydroxyl groups is 1. The van der Waals surface area contributed by atoms with Crippen LogP contribution < -0.4 is 0 Å². The minimum Gasteiger partial charge on any atom is -0.456 e. The normalized spacial score (nSPS) is 22.4. The second-order valence-corrected chi connectivity index (χ2v) is 9.15. The Kier molecular flexibility index (Phi) is 5.64. The third-order valence-corrected chi connectivity index (χ3v) is 7.36. The Morgan fingerprint density at radius 2 is 1.91 bits per heavy atom. The summed E-state index contributed by atoms with van der Waals surface area (Å²) in [6.07, 6.45) is 7.15. The van der Waals surface area contributed by atoms with Crippen molar-refractivity contribution in [3.63, 3.8) is 0 Å². The maximum Gasteiger partial charge on any atom is 0.335 e. The summed E-state index contributed by atoms with van der Waals surface area (Å²) in [6, 6.07) is 3.69. The summed E-state index contributed by atoms with van der Waals surface area (Å²) in [5.41, 5.74) is 3.64. The maximum absolute atomic E-state index is 11.7. The Morgan fingerprint density at radius 3 is 2.50 bits per heavy atom. The number of piperidine rings is 2. The monoisotopic (exact) mass is 439 g/mol. The van der Waals surface area contributed by atoms with Crippen LogP contribution in [0.15, 0.2) is 35.9 Å². The van der Waals surface area contributed by atoms with E-state index in [1.54, 1.807) is 6.20 Å². The van der Waals surface area contributed by atoms with Gasteiger partial charge >= 0.3 is 5.97 Å². The van der Waals surface area contributed by atoms with Crippen LogP contribution >= 0.6 is 0 Å². The first-order chi connectivity index (χ1) is 15.5. The van der Waals surface area contributed by atoms with Crippen molar-refractivity contribution in [1.29, 1.82) is 0 Å². The molecule has 0 saturated carbocycles. The first-order valence-corrected chi connectivity index (χ1v) is 11.2. The van der Waals surface area contributed by atoms with Gasteiger partial charge in [0.25, 0.3) is 0 Å². The number of hydrogen-bond donors (Lipinski definition) is 1. The van der Waals surface area contributed by atoms with E-state index in [4.69, 9.17) is 4.74 Å². The van der Waals surface area contributed by atoms with E-state index in [-0.39, 0.29) is 5.97 Å². The van der Waals surface area contributed by atoms with E-state index in [1.807, 2.05) is 19.1 Å². The highest BCUT2D eigenvalue weighted by Crippen LogP contribution is 2.42. The number of cyclic esters (lactones) is 1. The Balaban J connectivity index is 1.12. The van der Waals surface area contributed by atoms with E-state index in [9.17, 15) is 9.90 Å². The molecule has 2 aromatic rings. The molecule has 0 bridgehead atoms. The molecule has 0 aliphatic carbocycles. The Hall–Kier alpha value is -2.85. The minimum atomic E-state index is -0.622. The number of aliphatic hydroxyl groups excluding tert-OH is 1. The summed E-state index contributed by atoms with van der Waals surface area (Å²) >= 11 is 0. The molecule has 2 fully saturated rings. The van der Waals surface area contributed by atoms with Gasteiger partial charge in [-0.25, -0.2) is 4.79 Å². The molecule has 2 saturated heterocycles. The number of β-amino-alcohol motifs (C(OH)–C–C–N with tert-alkyl or cyclic N) is 1. The molecule has 5 rings (SSSR count). The molecule has 3 aliphatic rings. The molecule has 170 valence electrons. The summed E-state index contributed by atoms with van der Waals surface area (Å²) in [6.45, 7) is 6.84. The number of ether oxygens (including phenoxy) is 1. The highest BCUT2D eigenvalue weighted by molar-refractivity contribution is 5.90. The van der Waals surface area contributed by atoms with Gasteiger partial charge in [-0.15, -0.1) is 5.10 Å². The van der Waals surface area contributed by atoms with Crippen molar-refractivity contribution in [2.45, 2.75) is 38.7 Å². The zero-order valence-corrected chi connectivity index (χ0v) is 18.4. The number of carbonyl (C=O) groups excluding carboxylic acids is 1. The number of esters is 1. The summed E-state index contributed by atoms with van der Waals surface area (Å²) in [7, 11) is 0. The lowest BCUT2D eigenvalue weighted by Crippen LogP contribution is -2.47. The predicted octanol–water partition coefficient (Wildman–Crippen LogP) is 1.10. The minimum absolute atomic E-state index is 0.174. The van der Waals surface area contributed by atoms with Crippen molar-refractivity contribution < 1.29 is 14.6 Å². The standard InChI is InChI=1S/C22H29N7O3/c1-16-19(14-32-21(16)31)28-10-6-22(7-11-28)4-8-27(9-5-22)13-20(30)18-3-2-17(12-23-18)29-15-24-25-26-29/h2-3,12,15,20,30H,4-11,13-14H2,1H3. The zero-order valence-electron chi connectivity index (χ0n) is 18.4. The highest BCUT2D eigenvalue weighted by Gasteiger charge is 2.39. The molecule has 10 nitrogen and oxygen atoms in total. The second kappa shape index (κ2) is 8.59. The van der Waals surface area contributed by atoms with Gasteiger partial charge in [0.15, 0.2) is 0 Å². The molecule has 0 radical (unpaired) electrons. The van der Waals surface area contributed by atoms with E-state index >= 15 is 0 Å². The fourth-order valence-corrected chi connectivity index (χ4v) is 5.11. The van der Waals surface area contributed by atoms with Gasteiger partial charge in [0.2, 0.25) is 0 Å². The Morgan fingerprint density at radius 1 is 1.16 bits per heavy atom. The summed E-state index contributed by atoms with van der Waals surface area (Å²) in [5, 5.41) is 21.8. The summed E-state index contributed by atoms with van der Waals surface area (Å²) < 4.78 is 6.72. The summed E-state index contributed by atoms with van der Waals surface area (Å²) in [5.74, 6) is -0.174. The van der Waals surface area contributed by atoms with Crippen molar-refractivity contribution >= 4 is 5.97 Å². The predicted molar refractivity (Wildman–Crippen MR) is 114 cm³/mol. The number of tetrazole rings is 1. The third-order valence-electron chi connectivity index (χ3n) is 7.36. The van der Waals surface area contributed by atoms with Crippen LogP contribution in [0.25, 0.3) is 5.69 Å². The van der Waals surface area contributed by atoms with E-state index in [0.29, 0.717) is 24.3 Å². The average molecular weight is 440 g/mol. The number of likely N-dealkylation sites (tertiary alicyclic amines) is 2. The fourth-order valence-electron chi connectivity index (χ4n) is 5.11. The van der Waals surface area contributed by atoms with Gasteiger partial charge in [0.1, 0.15) is 19.0 Å². The van der Waals surface area contributed by atoms with Crippen LogP contribution in [0, 0.1) is 5.41 Å². The largest absolute Gasteiger partial charge is 0.456 e. The van der Waals surface area contributed by atoms with Crippen LogP contribution in [0.4, 0.5) is 0 Å². The third kappa shape index (κ3) is 4.12. The van der Waals surface area contributed by atoms with Gasteiger partial charge < -0.3 is 19.6 Å². The van der Waals surface area contributed by atoms with Crippen molar-refractivity contribution in [3.05, 3.63) is 41.6 Å². The van der Waals surface area contributed by atoms with E-state index in [0.717, 1.165) is 68.8 Å². The Bertz CT molecular complexity index is 971. The number of nitrogens with zero attached hydrogens (tertiary/aromatic N) is 7. The lowest BCUT2D eigenvalue weighted by molar-refractivity contribution is -0.136. The topological polar surface area (TPSA) is 110 Å². The van der Waals surface area contributed by atoms with Crippen molar-refractivity contribution in [1.82, 2.24) is 35.0 Å². The average Bonchev–Trinajstić information content (AvgIpc) is 3.47. The molecular formula is C22H29N7O3. The molecule has 1 N–H and O–H groups in total. The van der Waals surface area contributed by atoms with E-state index < -0.39 is 6.10 Å². The number of aromatic nitrogens is 5. The zero-order chi connectivity index (χ0) is 22.1. The van der Waals surface area contributed by atoms with E-state index in [2.05, 4.69) is 30.3 Å². The molecule has 0 aromatic carbocycles.